The number of nitro benzene ring substituents is 1. The third-order valence-corrected chi connectivity index (χ3v) is 3.46. The van der Waals surface area contributed by atoms with E-state index in [0.29, 0.717) is 5.17 Å². The highest BCUT2D eigenvalue weighted by molar-refractivity contribution is 8.15. The second-order valence-electron chi connectivity index (χ2n) is 3.98. The van der Waals surface area contributed by atoms with Crippen molar-refractivity contribution < 1.29 is 19.2 Å². The highest BCUT2D eigenvalue weighted by Crippen LogP contribution is 2.22. The maximum Gasteiger partial charge on any atom is 0.345 e. The molecule has 0 spiro atoms. The lowest BCUT2D eigenvalue weighted by Crippen LogP contribution is -2.19. The molecule has 114 valence electrons. The molecule has 1 aromatic carbocycles. The molecule has 1 aromatic rings. The smallest absolute Gasteiger partial charge is 0.345 e. The van der Waals surface area contributed by atoms with E-state index < -0.39 is 10.9 Å². The molecule has 1 aliphatic rings. The molecule has 10 heteroatoms. The molecular formula is C12H10N4O5S. The molecule has 1 N–H and O–H groups in total. The van der Waals surface area contributed by atoms with E-state index in [1.165, 1.54) is 36.2 Å². The molecule has 0 aromatic heterocycles. The van der Waals surface area contributed by atoms with Gasteiger partial charge in [-0.1, -0.05) is 23.9 Å². The zero-order chi connectivity index (χ0) is 16.1. The second-order valence-corrected chi connectivity index (χ2v) is 4.94. The SMILES string of the molecule is COC(=O)c1c(C=NN=C2NC(=O)CS2)cccc1[N+](=O)[O-]. The van der Waals surface area contributed by atoms with Crippen molar-refractivity contribution in [2.45, 2.75) is 0 Å². The van der Waals surface area contributed by atoms with Gasteiger partial charge in [0, 0.05) is 11.6 Å². The number of carbonyl (C=O) groups excluding carboxylic acids is 2. The number of nitro groups is 1. The summed E-state index contributed by atoms with van der Waals surface area (Å²) in [6, 6.07) is 4.09. The van der Waals surface area contributed by atoms with Crippen molar-refractivity contribution in [3.05, 3.63) is 39.4 Å². The fraction of sp³-hybridized carbons (Fsp3) is 0.167. The minimum Gasteiger partial charge on any atom is -0.465 e. The molecule has 0 bridgehead atoms. The number of methoxy groups -OCH3 is 1. The number of ether oxygens (including phenoxy) is 1. The van der Waals surface area contributed by atoms with Crippen LogP contribution in [0, 0.1) is 10.1 Å². The molecule has 1 saturated heterocycles. The van der Waals surface area contributed by atoms with Crippen LogP contribution in [0.5, 0.6) is 0 Å². The van der Waals surface area contributed by atoms with Crippen molar-refractivity contribution in [1.29, 1.82) is 0 Å². The number of rotatable bonds is 4. The van der Waals surface area contributed by atoms with Gasteiger partial charge in [-0.3, -0.25) is 14.9 Å². The van der Waals surface area contributed by atoms with Crippen LogP contribution in [0.15, 0.2) is 28.4 Å². The van der Waals surface area contributed by atoms with Crippen LogP contribution in [0.4, 0.5) is 5.69 Å². The number of nitrogens with one attached hydrogen (secondary N) is 1. The molecule has 9 nitrogen and oxygen atoms in total. The Hall–Kier alpha value is -2.75. The van der Waals surface area contributed by atoms with Crippen molar-refractivity contribution in [2.75, 3.05) is 12.9 Å². The first-order chi connectivity index (χ1) is 10.5. The molecule has 1 amide bonds. The predicted molar refractivity (Wildman–Crippen MR) is 80.1 cm³/mol. The topological polar surface area (TPSA) is 123 Å². The second kappa shape index (κ2) is 6.80. The minimum atomic E-state index is -0.843. The van der Waals surface area contributed by atoms with Gasteiger partial charge in [0.25, 0.3) is 5.69 Å². The molecule has 1 heterocycles. The van der Waals surface area contributed by atoms with Gasteiger partial charge < -0.3 is 10.1 Å². The lowest BCUT2D eigenvalue weighted by atomic mass is 10.1. The number of amides is 1. The number of carbonyl (C=O) groups is 2. The van der Waals surface area contributed by atoms with Crippen LogP contribution >= 0.6 is 11.8 Å². The van der Waals surface area contributed by atoms with Gasteiger partial charge in [0.1, 0.15) is 5.56 Å². The van der Waals surface area contributed by atoms with Crippen LogP contribution in [0.25, 0.3) is 0 Å². The van der Waals surface area contributed by atoms with E-state index in [9.17, 15) is 19.7 Å². The average molecular weight is 322 g/mol. The summed E-state index contributed by atoms with van der Waals surface area (Å²) in [6.07, 6.45) is 1.19. The van der Waals surface area contributed by atoms with E-state index in [0.717, 1.165) is 7.11 Å². The summed E-state index contributed by atoms with van der Waals surface area (Å²) in [6.45, 7) is 0. The van der Waals surface area contributed by atoms with Gasteiger partial charge in [0.15, 0.2) is 5.17 Å². The molecule has 1 fully saturated rings. The Kier molecular flexibility index (Phi) is 4.84. The lowest BCUT2D eigenvalue weighted by Gasteiger charge is -2.04. The lowest BCUT2D eigenvalue weighted by molar-refractivity contribution is -0.385. The third kappa shape index (κ3) is 3.47. The minimum absolute atomic E-state index is 0.176. The van der Waals surface area contributed by atoms with Crippen molar-refractivity contribution in [1.82, 2.24) is 5.32 Å². The zero-order valence-corrected chi connectivity index (χ0v) is 12.1. The monoisotopic (exact) mass is 322 g/mol. The van der Waals surface area contributed by atoms with Crippen LogP contribution in [0.1, 0.15) is 15.9 Å². The molecule has 0 radical (unpaired) electrons. The Bertz CT molecular complexity index is 701. The van der Waals surface area contributed by atoms with Gasteiger partial charge in [0.2, 0.25) is 5.91 Å². The van der Waals surface area contributed by atoms with Gasteiger partial charge in [-0.25, -0.2) is 4.79 Å². The average Bonchev–Trinajstić information content (AvgIpc) is 2.91. The van der Waals surface area contributed by atoms with E-state index in [2.05, 4.69) is 20.3 Å². The van der Waals surface area contributed by atoms with Crippen molar-refractivity contribution in [3.63, 3.8) is 0 Å². The Morgan fingerprint density at radius 2 is 2.32 bits per heavy atom. The van der Waals surface area contributed by atoms with Crippen molar-refractivity contribution in [3.8, 4) is 0 Å². The van der Waals surface area contributed by atoms with Crippen LogP contribution in [-0.4, -0.2) is 41.0 Å². The number of thioether (sulfide) groups is 1. The predicted octanol–water partition coefficient (Wildman–Crippen LogP) is 0.934. The number of hydrogen-bond donors (Lipinski definition) is 1. The summed E-state index contributed by atoms with van der Waals surface area (Å²) in [5, 5.41) is 21.3. The van der Waals surface area contributed by atoms with Gasteiger partial charge in [-0.15, -0.1) is 5.10 Å². The molecule has 2 rings (SSSR count). The maximum absolute atomic E-state index is 11.7. The highest BCUT2D eigenvalue weighted by atomic mass is 32.2. The summed E-state index contributed by atoms with van der Waals surface area (Å²) >= 11 is 1.18. The Labute approximate surface area is 128 Å². The third-order valence-electron chi connectivity index (χ3n) is 2.59. The maximum atomic E-state index is 11.7. The fourth-order valence-electron chi connectivity index (χ4n) is 1.66. The number of nitrogens with zero attached hydrogens (tertiary/aromatic N) is 3. The van der Waals surface area contributed by atoms with Gasteiger partial charge in [-0.05, 0) is 0 Å². The quantitative estimate of drug-likeness (QED) is 0.381. The van der Waals surface area contributed by atoms with Gasteiger partial charge >= 0.3 is 5.97 Å². The first kappa shape index (κ1) is 15.6. The largest absolute Gasteiger partial charge is 0.465 e. The van der Waals surface area contributed by atoms with E-state index in [1.807, 2.05) is 0 Å². The highest BCUT2D eigenvalue weighted by Gasteiger charge is 2.24. The number of benzene rings is 1. The van der Waals surface area contributed by atoms with E-state index in [4.69, 9.17) is 0 Å². The Balaban J connectivity index is 2.34. The van der Waals surface area contributed by atoms with E-state index in [-0.39, 0.29) is 28.5 Å². The first-order valence-electron chi connectivity index (χ1n) is 5.92. The summed E-state index contributed by atoms with van der Waals surface area (Å²) in [7, 11) is 1.13. The molecule has 0 atom stereocenters. The normalized spacial score (nSPS) is 16.0. The number of hydrogen-bond acceptors (Lipinski definition) is 8. The number of esters is 1. The van der Waals surface area contributed by atoms with Crippen LogP contribution < -0.4 is 5.32 Å². The molecule has 1 aliphatic heterocycles. The standard InChI is InChI=1S/C12H10N4O5S/c1-21-11(18)10-7(3-2-4-8(10)16(19)20)5-13-15-12-14-9(17)6-22-12/h2-5H,6H2,1H3,(H,14,15,17). The van der Waals surface area contributed by atoms with Crippen molar-refractivity contribution in [2.24, 2.45) is 10.2 Å². The molecule has 0 unspecified atom stereocenters. The fourth-order valence-corrected chi connectivity index (χ4v) is 2.30. The summed E-state index contributed by atoms with van der Waals surface area (Å²) in [4.78, 5) is 33.0. The Morgan fingerprint density at radius 3 is 2.91 bits per heavy atom. The van der Waals surface area contributed by atoms with Crippen LogP contribution in [0.3, 0.4) is 0 Å². The molecule has 0 saturated carbocycles. The number of amidine groups is 1. The zero-order valence-electron chi connectivity index (χ0n) is 11.3. The summed E-state index contributed by atoms with van der Waals surface area (Å²) in [5.74, 6) is -0.757. The molecular weight excluding hydrogens is 312 g/mol. The summed E-state index contributed by atoms with van der Waals surface area (Å²) in [5.41, 5.74) is -0.395. The first-order valence-corrected chi connectivity index (χ1v) is 6.91. The van der Waals surface area contributed by atoms with Crippen molar-refractivity contribution >= 4 is 40.7 Å². The van der Waals surface area contributed by atoms with Crippen LogP contribution in [-0.2, 0) is 9.53 Å². The van der Waals surface area contributed by atoms with Gasteiger partial charge in [-0.2, -0.15) is 5.10 Å². The van der Waals surface area contributed by atoms with Crippen LogP contribution in [0.2, 0.25) is 0 Å². The molecule has 0 aliphatic carbocycles. The van der Waals surface area contributed by atoms with Gasteiger partial charge in [0.05, 0.1) is 24.0 Å². The summed E-state index contributed by atoms with van der Waals surface area (Å²) < 4.78 is 4.56. The van der Waals surface area contributed by atoms with E-state index >= 15 is 0 Å². The Morgan fingerprint density at radius 1 is 1.55 bits per heavy atom. The molecule has 22 heavy (non-hydrogen) atoms. The van der Waals surface area contributed by atoms with E-state index in [1.54, 1.807) is 0 Å².